The molecule has 1 saturated heterocycles. The largest absolute Gasteiger partial charge is 0.481 e. The van der Waals surface area contributed by atoms with E-state index in [4.69, 9.17) is 5.11 Å². The second kappa shape index (κ2) is 6.26. The van der Waals surface area contributed by atoms with Crippen LogP contribution in [0.3, 0.4) is 0 Å². The van der Waals surface area contributed by atoms with Gasteiger partial charge in [0, 0.05) is 19.1 Å². The van der Waals surface area contributed by atoms with Gasteiger partial charge in [-0.3, -0.25) is 4.79 Å². The van der Waals surface area contributed by atoms with Gasteiger partial charge in [-0.25, -0.2) is 4.79 Å². The van der Waals surface area contributed by atoms with Crippen LogP contribution in [0.4, 0.5) is 4.79 Å². The Morgan fingerprint density at radius 1 is 1.37 bits per heavy atom. The van der Waals surface area contributed by atoms with Crippen molar-refractivity contribution in [3.05, 3.63) is 0 Å². The van der Waals surface area contributed by atoms with E-state index in [0.29, 0.717) is 19.5 Å². The van der Waals surface area contributed by atoms with Crippen LogP contribution in [0.15, 0.2) is 0 Å². The van der Waals surface area contributed by atoms with Gasteiger partial charge >= 0.3 is 12.0 Å². The molecule has 2 rings (SSSR count). The summed E-state index contributed by atoms with van der Waals surface area (Å²) in [5, 5.41) is 12.1. The molecule has 0 aromatic carbocycles. The number of aliphatic carboxylic acids is 1. The van der Waals surface area contributed by atoms with Crippen LogP contribution in [-0.4, -0.2) is 41.1 Å². The number of rotatable bonds is 5. The van der Waals surface area contributed by atoms with Gasteiger partial charge in [0.25, 0.3) is 0 Å². The number of hydrogen-bond acceptors (Lipinski definition) is 2. The summed E-state index contributed by atoms with van der Waals surface area (Å²) in [5.41, 5.74) is 0. The number of carboxylic acids is 1. The van der Waals surface area contributed by atoms with E-state index in [9.17, 15) is 9.59 Å². The minimum atomic E-state index is -0.789. The highest BCUT2D eigenvalue weighted by Crippen LogP contribution is 2.34. The van der Waals surface area contributed by atoms with Crippen LogP contribution >= 0.6 is 0 Å². The molecule has 0 aromatic heterocycles. The lowest BCUT2D eigenvalue weighted by Crippen LogP contribution is -2.49. The standard InChI is InChI=1S/C14H24N2O3/c1-2-12(8-10-5-6-10)15-14(19)16-7-3-4-11(9-16)13(17)18/h10-12H,2-9H2,1H3,(H,15,19)(H,17,18)/t11-,12?/m0/s1. The zero-order valence-corrected chi connectivity index (χ0v) is 11.6. The molecule has 2 aliphatic rings. The number of carbonyl (C=O) groups is 2. The number of hydrogen-bond donors (Lipinski definition) is 2. The first-order valence-corrected chi connectivity index (χ1v) is 7.38. The van der Waals surface area contributed by atoms with Crippen molar-refractivity contribution in [1.29, 1.82) is 0 Å². The molecule has 1 aliphatic heterocycles. The first-order valence-electron chi connectivity index (χ1n) is 7.38. The van der Waals surface area contributed by atoms with E-state index in [2.05, 4.69) is 12.2 Å². The quantitative estimate of drug-likeness (QED) is 0.802. The molecular weight excluding hydrogens is 244 g/mol. The molecule has 1 unspecified atom stereocenters. The Labute approximate surface area is 114 Å². The minimum Gasteiger partial charge on any atom is -0.481 e. The molecule has 2 fully saturated rings. The van der Waals surface area contributed by atoms with E-state index in [0.717, 1.165) is 25.2 Å². The Kier molecular flexibility index (Phi) is 4.66. The normalized spacial score (nSPS) is 24.9. The molecule has 0 aromatic rings. The van der Waals surface area contributed by atoms with Crippen LogP contribution in [-0.2, 0) is 4.79 Å². The van der Waals surface area contributed by atoms with Crippen LogP contribution in [0.2, 0.25) is 0 Å². The summed E-state index contributed by atoms with van der Waals surface area (Å²) < 4.78 is 0. The lowest BCUT2D eigenvalue weighted by molar-refractivity contribution is -0.143. The summed E-state index contributed by atoms with van der Waals surface area (Å²) in [5.74, 6) is -0.399. The highest BCUT2D eigenvalue weighted by Gasteiger charge is 2.30. The van der Waals surface area contributed by atoms with E-state index < -0.39 is 11.9 Å². The van der Waals surface area contributed by atoms with Gasteiger partial charge in [-0.2, -0.15) is 0 Å². The zero-order chi connectivity index (χ0) is 13.8. The van der Waals surface area contributed by atoms with Gasteiger partial charge < -0.3 is 15.3 Å². The van der Waals surface area contributed by atoms with Crippen LogP contribution < -0.4 is 5.32 Å². The van der Waals surface area contributed by atoms with E-state index in [-0.39, 0.29) is 12.1 Å². The topological polar surface area (TPSA) is 69.6 Å². The molecule has 0 bridgehead atoms. The Morgan fingerprint density at radius 2 is 2.11 bits per heavy atom. The summed E-state index contributed by atoms with van der Waals surface area (Å²) in [4.78, 5) is 24.8. The maximum atomic E-state index is 12.2. The molecule has 108 valence electrons. The van der Waals surface area contributed by atoms with Crippen LogP contribution in [0.5, 0.6) is 0 Å². The number of piperidine rings is 1. The van der Waals surface area contributed by atoms with Gasteiger partial charge in [-0.15, -0.1) is 0 Å². The number of likely N-dealkylation sites (tertiary alicyclic amines) is 1. The van der Waals surface area contributed by atoms with Crippen molar-refractivity contribution in [2.24, 2.45) is 11.8 Å². The Morgan fingerprint density at radius 3 is 2.68 bits per heavy atom. The maximum absolute atomic E-state index is 12.2. The molecule has 5 nitrogen and oxygen atoms in total. The molecule has 2 amide bonds. The first-order chi connectivity index (χ1) is 9.10. The smallest absolute Gasteiger partial charge is 0.317 e. The average molecular weight is 268 g/mol. The molecule has 1 saturated carbocycles. The third-order valence-electron chi connectivity index (χ3n) is 4.19. The molecular formula is C14H24N2O3. The lowest BCUT2D eigenvalue weighted by atomic mass is 9.98. The highest BCUT2D eigenvalue weighted by atomic mass is 16.4. The Hall–Kier alpha value is -1.26. The van der Waals surface area contributed by atoms with Gasteiger partial charge in [0.05, 0.1) is 5.92 Å². The number of urea groups is 1. The monoisotopic (exact) mass is 268 g/mol. The van der Waals surface area contributed by atoms with Crippen molar-refractivity contribution < 1.29 is 14.7 Å². The van der Waals surface area contributed by atoms with Gasteiger partial charge in [0.15, 0.2) is 0 Å². The van der Waals surface area contributed by atoms with Crippen molar-refractivity contribution in [2.45, 2.75) is 51.5 Å². The van der Waals surface area contributed by atoms with Crippen molar-refractivity contribution in [3.63, 3.8) is 0 Å². The summed E-state index contributed by atoms with van der Waals surface area (Å²) >= 11 is 0. The molecule has 2 atom stereocenters. The number of carbonyl (C=O) groups excluding carboxylic acids is 1. The minimum absolute atomic E-state index is 0.0848. The molecule has 5 heteroatoms. The van der Waals surface area contributed by atoms with Gasteiger partial charge in [0.1, 0.15) is 0 Å². The second-order valence-electron chi connectivity index (χ2n) is 5.86. The summed E-state index contributed by atoms with van der Waals surface area (Å²) in [6.07, 6.45) is 6.05. The van der Waals surface area contributed by atoms with Crippen molar-refractivity contribution in [2.75, 3.05) is 13.1 Å². The molecule has 1 heterocycles. The van der Waals surface area contributed by atoms with E-state index >= 15 is 0 Å². The summed E-state index contributed by atoms with van der Waals surface area (Å²) in [7, 11) is 0. The fourth-order valence-corrected chi connectivity index (χ4v) is 2.71. The first kappa shape index (κ1) is 14.2. The van der Waals surface area contributed by atoms with Crippen LogP contribution in [0, 0.1) is 11.8 Å². The highest BCUT2D eigenvalue weighted by molar-refractivity contribution is 5.76. The van der Waals surface area contributed by atoms with E-state index in [1.807, 2.05) is 0 Å². The molecule has 1 aliphatic carbocycles. The second-order valence-corrected chi connectivity index (χ2v) is 5.86. The number of amides is 2. The molecule has 2 N–H and O–H groups in total. The van der Waals surface area contributed by atoms with Crippen LogP contribution in [0.25, 0.3) is 0 Å². The van der Waals surface area contributed by atoms with Crippen LogP contribution in [0.1, 0.15) is 45.4 Å². The lowest BCUT2D eigenvalue weighted by Gasteiger charge is -2.32. The van der Waals surface area contributed by atoms with Gasteiger partial charge in [-0.05, 0) is 31.6 Å². The average Bonchev–Trinajstić information content (AvgIpc) is 3.22. The third-order valence-corrected chi connectivity index (χ3v) is 4.19. The zero-order valence-electron chi connectivity index (χ0n) is 11.6. The van der Waals surface area contributed by atoms with E-state index in [1.54, 1.807) is 4.90 Å². The maximum Gasteiger partial charge on any atom is 0.317 e. The molecule has 0 radical (unpaired) electrons. The number of nitrogens with zero attached hydrogens (tertiary/aromatic N) is 1. The van der Waals surface area contributed by atoms with Gasteiger partial charge in [-0.1, -0.05) is 19.8 Å². The number of carboxylic acid groups (broad SMARTS) is 1. The Bertz CT molecular complexity index is 342. The summed E-state index contributed by atoms with van der Waals surface area (Å²) in [6.45, 7) is 3.11. The Balaban J connectivity index is 1.81. The van der Waals surface area contributed by atoms with E-state index in [1.165, 1.54) is 12.8 Å². The van der Waals surface area contributed by atoms with Gasteiger partial charge in [0.2, 0.25) is 0 Å². The molecule has 19 heavy (non-hydrogen) atoms. The SMILES string of the molecule is CCC(CC1CC1)NC(=O)N1CCC[C@H](C(=O)O)C1. The predicted octanol–water partition coefficient (Wildman–Crippen LogP) is 2.07. The fraction of sp³-hybridized carbons (Fsp3) is 0.857. The van der Waals surface area contributed by atoms with Crippen molar-refractivity contribution in [1.82, 2.24) is 10.2 Å². The molecule has 0 spiro atoms. The van der Waals surface area contributed by atoms with Crippen molar-refractivity contribution in [3.8, 4) is 0 Å². The predicted molar refractivity (Wildman–Crippen MR) is 71.9 cm³/mol. The fourth-order valence-electron chi connectivity index (χ4n) is 2.71. The number of nitrogens with one attached hydrogen (secondary N) is 1. The van der Waals surface area contributed by atoms with Crippen molar-refractivity contribution >= 4 is 12.0 Å². The third kappa shape index (κ3) is 4.11. The summed E-state index contributed by atoms with van der Waals surface area (Å²) in [6, 6.07) is 0.156.